The Morgan fingerprint density at radius 2 is 2.05 bits per heavy atom. The van der Waals surface area contributed by atoms with Gasteiger partial charge in [0.15, 0.2) is 5.16 Å². The molecule has 0 aliphatic carbocycles. The van der Waals surface area contributed by atoms with Crippen molar-refractivity contribution < 1.29 is 9.90 Å². The zero-order valence-corrected chi connectivity index (χ0v) is 13.2. The van der Waals surface area contributed by atoms with Crippen molar-refractivity contribution in [2.45, 2.75) is 58.2 Å². The Bertz CT molecular complexity index is 429. The van der Waals surface area contributed by atoms with Crippen molar-refractivity contribution in [1.82, 2.24) is 9.55 Å². The van der Waals surface area contributed by atoms with Gasteiger partial charge < -0.3 is 9.67 Å². The molecule has 5 heteroatoms. The molecule has 0 bridgehead atoms. The maximum atomic E-state index is 10.7. The third-order valence-corrected chi connectivity index (χ3v) is 4.53. The van der Waals surface area contributed by atoms with E-state index in [1.165, 1.54) is 17.5 Å². The number of aromatic nitrogens is 2. The van der Waals surface area contributed by atoms with Crippen LogP contribution in [0.3, 0.4) is 0 Å². The van der Waals surface area contributed by atoms with E-state index < -0.39 is 5.97 Å². The highest BCUT2D eigenvalue weighted by Crippen LogP contribution is 2.31. The molecule has 0 radical (unpaired) electrons. The summed E-state index contributed by atoms with van der Waals surface area (Å²) in [6.45, 7) is 10.9. The fourth-order valence-corrected chi connectivity index (χ4v) is 2.81. The van der Waals surface area contributed by atoms with Gasteiger partial charge in [0.2, 0.25) is 0 Å². The zero-order valence-electron chi connectivity index (χ0n) is 12.4. The number of imidazole rings is 1. The van der Waals surface area contributed by atoms with Crippen LogP contribution in [0, 0.1) is 5.92 Å². The van der Waals surface area contributed by atoms with Crippen LogP contribution in [0.1, 0.15) is 58.7 Å². The number of aliphatic carboxylic acids is 1. The second-order valence-corrected chi connectivity index (χ2v) is 6.24. The molecule has 4 nitrogen and oxygen atoms in total. The average Bonchev–Trinajstić information content (AvgIpc) is 2.78. The fraction of sp³-hybridized carbons (Fsp3) is 0.714. The first-order valence-electron chi connectivity index (χ1n) is 6.80. The Balaban J connectivity index is 3.07. The van der Waals surface area contributed by atoms with E-state index in [4.69, 9.17) is 5.11 Å². The Morgan fingerprint density at radius 3 is 2.53 bits per heavy atom. The summed E-state index contributed by atoms with van der Waals surface area (Å²) < 4.78 is 2.21. The van der Waals surface area contributed by atoms with Crippen molar-refractivity contribution in [1.29, 1.82) is 0 Å². The minimum absolute atomic E-state index is 0.0573. The summed E-state index contributed by atoms with van der Waals surface area (Å²) in [6, 6.07) is 0.334. The average molecular weight is 284 g/mol. The third-order valence-electron chi connectivity index (χ3n) is 3.58. The van der Waals surface area contributed by atoms with Crippen molar-refractivity contribution in [3.8, 4) is 0 Å². The molecule has 2 atom stereocenters. The van der Waals surface area contributed by atoms with E-state index in [-0.39, 0.29) is 5.75 Å². The van der Waals surface area contributed by atoms with Gasteiger partial charge in [0.1, 0.15) is 0 Å². The zero-order chi connectivity index (χ0) is 14.6. The molecule has 1 aromatic heterocycles. The summed E-state index contributed by atoms with van der Waals surface area (Å²) in [4.78, 5) is 15.1. The maximum absolute atomic E-state index is 10.7. The smallest absolute Gasteiger partial charge is 0.313 e. The number of hydrogen-bond acceptors (Lipinski definition) is 3. The number of nitrogens with zero attached hydrogens (tertiary/aromatic N) is 2. The van der Waals surface area contributed by atoms with Crippen molar-refractivity contribution >= 4 is 17.7 Å². The lowest BCUT2D eigenvalue weighted by atomic mass is 9.99. The summed E-state index contributed by atoms with van der Waals surface area (Å²) in [5.41, 5.74) is 1.18. The Hall–Kier alpha value is -0.970. The SMILES string of the molecule is CCC(C)C(C)n1c(C(C)C)cnc1SCC(=O)O. The van der Waals surface area contributed by atoms with Gasteiger partial charge in [-0.2, -0.15) is 0 Å². The van der Waals surface area contributed by atoms with Gasteiger partial charge in [0.05, 0.1) is 5.75 Å². The minimum atomic E-state index is -0.804. The highest BCUT2D eigenvalue weighted by molar-refractivity contribution is 7.99. The molecule has 0 aliphatic rings. The Kier molecular flexibility index (Phi) is 5.91. The summed E-state index contributed by atoms with van der Waals surface area (Å²) in [5.74, 6) is 0.179. The molecule has 19 heavy (non-hydrogen) atoms. The van der Waals surface area contributed by atoms with Crippen molar-refractivity contribution in [3.05, 3.63) is 11.9 Å². The molecule has 0 aromatic carbocycles. The molecule has 1 aromatic rings. The van der Waals surface area contributed by atoms with Crippen LogP contribution in [0.4, 0.5) is 0 Å². The lowest BCUT2D eigenvalue weighted by Gasteiger charge is -2.25. The van der Waals surface area contributed by atoms with E-state index in [1.54, 1.807) is 0 Å². The van der Waals surface area contributed by atoms with Gasteiger partial charge in [-0.1, -0.05) is 45.9 Å². The summed E-state index contributed by atoms with van der Waals surface area (Å²) in [7, 11) is 0. The molecule has 2 unspecified atom stereocenters. The first kappa shape index (κ1) is 16.1. The molecule has 1 N–H and O–H groups in total. The predicted octanol–water partition coefficient (Wildman–Crippen LogP) is 3.79. The molecule has 108 valence electrons. The highest BCUT2D eigenvalue weighted by Gasteiger charge is 2.21. The van der Waals surface area contributed by atoms with Gasteiger partial charge in [-0.05, 0) is 18.8 Å². The van der Waals surface area contributed by atoms with E-state index in [2.05, 4.69) is 44.2 Å². The normalized spacial score (nSPS) is 14.6. The fourth-order valence-electron chi connectivity index (χ4n) is 2.02. The minimum Gasteiger partial charge on any atom is -0.481 e. The van der Waals surface area contributed by atoms with E-state index in [9.17, 15) is 4.79 Å². The summed E-state index contributed by atoms with van der Waals surface area (Å²) in [6.07, 6.45) is 2.98. The number of carboxylic acids is 1. The second-order valence-electron chi connectivity index (χ2n) is 5.30. The topological polar surface area (TPSA) is 55.1 Å². The van der Waals surface area contributed by atoms with Gasteiger partial charge >= 0.3 is 5.97 Å². The third kappa shape index (κ3) is 4.00. The largest absolute Gasteiger partial charge is 0.481 e. The van der Waals surface area contributed by atoms with Crippen LogP contribution in [0.15, 0.2) is 11.4 Å². The second kappa shape index (κ2) is 6.98. The quantitative estimate of drug-likeness (QED) is 0.774. The van der Waals surface area contributed by atoms with Gasteiger partial charge in [-0.15, -0.1) is 0 Å². The van der Waals surface area contributed by atoms with E-state index in [0.29, 0.717) is 17.9 Å². The molecule has 1 rings (SSSR count). The molecule has 0 saturated carbocycles. The Morgan fingerprint density at radius 1 is 1.42 bits per heavy atom. The number of rotatable bonds is 7. The summed E-state index contributed by atoms with van der Waals surface area (Å²) in [5, 5.41) is 9.64. The molecule has 0 aliphatic heterocycles. The molecular formula is C14H24N2O2S. The number of carboxylic acid groups (broad SMARTS) is 1. The first-order valence-corrected chi connectivity index (χ1v) is 7.78. The molecule has 0 spiro atoms. The van der Waals surface area contributed by atoms with Gasteiger partial charge in [0, 0.05) is 17.9 Å². The van der Waals surface area contributed by atoms with Gasteiger partial charge in [-0.25, -0.2) is 4.98 Å². The van der Waals surface area contributed by atoms with Crippen LogP contribution in [-0.2, 0) is 4.79 Å². The molecule has 0 amide bonds. The van der Waals surface area contributed by atoms with Gasteiger partial charge in [0.25, 0.3) is 0 Å². The van der Waals surface area contributed by atoms with Crippen LogP contribution >= 0.6 is 11.8 Å². The molecular weight excluding hydrogens is 260 g/mol. The van der Waals surface area contributed by atoms with Crippen LogP contribution < -0.4 is 0 Å². The number of thioether (sulfide) groups is 1. The van der Waals surface area contributed by atoms with Crippen LogP contribution in [0.25, 0.3) is 0 Å². The summed E-state index contributed by atoms with van der Waals surface area (Å²) >= 11 is 1.30. The van der Waals surface area contributed by atoms with E-state index >= 15 is 0 Å². The van der Waals surface area contributed by atoms with Crippen LogP contribution in [0.2, 0.25) is 0 Å². The lowest BCUT2D eigenvalue weighted by Crippen LogP contribution is -2.18. The molecule has 0 fully saturated rings. The van der Waals surface area contributed by atoms with E-state index in [0.717, 1.165) is 11.6 Å². The predicted molar refractivity (Wildman–Crippen MR) is 78.8 cm³/mol. The van der Waals surface area contributed by atoms with Crippen molar-refractivity contribution in [2.75, 3.05) is 5.75 Å². The van der Waals surface area contributed by atoms with Gasteiger partial charge in [-0.3, -0.25) is 4.79 Å². The maximum Gasteiger partial charge on any atom is 0.313 e. The van der Waals surface area contributed by atoms with Crippen LogP contribution in [0.5, 0.6) is 0 Å². The first-order chi connectivity index (χ1) is 8.88. The lowest BCUT2D eigenvalue weighted by molar-refractivity contribution is -0.133. The molecule has 1 heterocycles. The number of hydrogen-bond donors (Lipinski definition) is 1. The van der Waals surface area contributed by atoms with Crippen molar-refractivity contribution in [3.63, 3.8) is 0 Å². The number of carbonyl (C=O) groups is 1. The molecule has 0 saturated heterocycles. The monoisotopic (exact) mass is 284 g/mol. The standard InChI is InChI=1S/C14H24N2O2S/c1-6-10(4)11(5)16-12(9(2)3)7-15-14(16)19-8-13(17)18/h7,9-11H,6,8H2,1-5H3,(H,17,18). The Labute approximate surface area is 119 Å². The van der Waals surface area contributed by atoms with Crippen LogP contribution in [-0.4, -0.2) is 26.4 Å². The van der Waals surface area contributed by atoms with Crippen molar-refractivity contribution in [2.24, 2.45) is 5.92 Å². The highest BCUT2D eigenvalue weighted by atomic mass is 32.2. The van der Waals surface area contributed by atoms with E-state index in [1.807, 2.05) is 6.20 Å².